The minimum absolute atomic E-state index is 0.544. The minimum atomic E-state index is 0.544. The van der Waals surface area contributed by atoms with Gasteiger partial charge in [0.1, 0.15) is 0 Å². The molecule has 0 heterocycles. The first-order chi connectivity index (χ1) is 8.86. The monoisotopic (exact) mass is 270 g/mol. The van der Waals surface area contributed by atoms with E-state index in [1.54, 1.807) is 0 Å². The Hall–Kier alpha value is -0.770. The third-order valence-electron chi connectivity index (χ3n) is 2.94. The van der Waals surface area contributed by atoms with Crippen LogP contribution in [0.3, 0.4) is 0 Å². The Morgan fingerprint density at radius 3 is 2.11 bits per heavy atom. The molecule has 0 spiro atoms. The van der Waals surface area contributed by atoms with Crippen molar-refractivity contribution in [3.05, 3.63) is 0 Å². The average Bonchev–Trinajstić information content (AvgIpc) is 2.29. The van der Waals surface area contributed by atoms with E-state index in [0.29, 0.717) is 17.9 Å². The van der Waals surface area contributed by atoms with Crippen molar-refractivity contribution in [3.8, 4) is 0 Å². The van der Waals surface area contributed by atoms with Gasteiger partial charge >= 0.3 is 0 Å². The summed E-state index contributed by atoms with van der Waals surface area (Å²) in [6.45, 7) is 13.7. The fourth-order valence-corrected chi connectivity index (χ4v) is 1.85. The van der Waals surface area contributed by atoms with Crippen LogP contribution in [0.15, 0.2) is 4.99 Å². The maximum atomic E-state index is 4.60. The zero-order valence-electron chi connectivity index (χ0n) is 14.0. The largest absolute Gasteiger partial charge is 0.357 e. The van der Waals surface area contributed by atoms with Gasteiger partial charge in [-0.3, -0.25) is 4.99 Å². The molecule has 0 saturated heterocycles. The lowest BCUT2D eigenvalue weighted by Gasteiger charge is -2.27. The Morgan fingerprint density at radius 1 is 1.05 bits per heavy atom. The molecule has 0 radical (unpaired) electrons. The third kappa shape index (κ3) is 9.77. The summed E-state index contributed by atoms with van der Waals surface area (Å²) in [5.74, 6) is 2.24. The quantitative estimate of drug-likeness (QED) is 0.524. The smallest absolute Gasteiger partial charge is 0.191 e. The summed E-state index contributed by atoms with van der Waals surface area (Å²) < 4.78 is 0. The minimum Gasteiger partial charge on any atom is -0.357 e. The van der Waals surface area contributed by atoms with Crippen LogP contribution in [-0.2, 0) is 0 Å². The molecule has 19 heavy (non-hydrogen) atoms. The van der Waals surface area contributed by atoms with E-state index in [-0.39, 0.29) is 0 Å². The van der Waals surface area contributed by atoms with Crippen molar-refractivity contribution in [2.24, 2.45) is 16.8 Å². The van der Waals surface area contributed by atoms with Gasteiger partial charge in [-0.2, -0.15) is 0 Å². The lowest BCUT2D eigenvalue weighted by Crippen LogP contribution is -2.45. The summed E-state index contributed by atoms with van der Waals surface area (Å²) in [5, 5.41) is 6.77. The highest BCUT2D eigenvalue weighted by Gasteiger charge is 2.13. The fourth-order valence-electron chi connectivity index (χ4n) is 1.85. The first-order valence-corrected chi connectivity index (χ1v) is 7.55. The summed E-state index contributed by atoms with van der Waals surface area (Å²) in [5.41, 5.74) is 0. The summed E-state index contributed by atoms with van der Waals surface area (Å²) in [7, 11) is 4.29. The number of rotatable bonds is 8. The normalized spacial score (nSPS) is 14.3. The highest BCUT2D eigenvalue weighted by atomic mass is 15.2. The zero-order chi connectivity index (χ0) is 14.8. The van der Waals surface area contributed by atoms with Crippen LogP contribution in [0.4, 0.5) is 0 Å². The van der Waals surface area contributed by atoms with Gasteiger partial charge in [-0.15, -0.1) is 0 Å². The number of nitrogens with one attached hydrogen (secondary N) is 2. The topological polar surface area (TPSA) is 39.7 Å². The van der Waals surface area contributed by atoms with Gasteiger partial charge in [0.25, 0.3) is 0 Å². The van der Waals surface area contributed by atoms with E-state index < -0.39 is 0 Å². The van der Waals surface area contributed by atoms with Gasteiger partial charge in [0.2, 0.25) is 0 Å². The van der Waals surface area contributed by atoms with Crippen molar-refractivity contribution in [3.63, 3.8) is 0 Å². The molecule has 4 heteroatoms. The highest BCUT2D eigenvalue weighted by Crippen LogP contribution is 2.08. The van der Waals surface area contributed by atoms with Gasteiger partial charge in [0.15, 0.2) is 5.96 Å². The summed E-state index contributed by atoms with van der Waals surface area (Å²) in [4.78, 5) is 6.89. The molecule has 0 amide bonds. The molecule has 0 aliphatic heterocycles. The van der Waals surface area contributed by atoms with Crippen molar-refractivity contribution in [2.45, 2.75) is 47.1 Å². The molecule has 114 valence electrons. The van der Waals surface area contributed by atoms with E-state index >= 15 is 0 Å². The highest BCUT2D eigenvalue weighted by molar-refractivity contribution is 5.79. The lowest BCUT2D eigenvalue weighted by molar-refractivity contribution is 0.254. The molecule has 0 aromatic carbocycles. The van der Waals surface area contributed by atoms with Gasteiger partial charge in [-0.05, 0) is 39.3 Å². The zero-order valence-corrected chi connectivity index (χ0v) is 14.0. The van der Waals surface area contributed by atoms with E-state index in [9.17, 15) is 0 Å². The van der Waals surface area contributed by atoms with Gasteiger partial charge in [0.05, 0.1) is 0 Å². The molecule has 4 nitrogen and oxygen atoms in total. The van der Waals surface area contributed by atoms with Crippen LogP contribution in [0, 0.1) is 11.8 Å². The Morgan fingerprint density at radius 2 is 1.68 bits per heavy atom. The molecular weight excluding hydrogens is 236 g/mol. The first-order valence-electron chi connectivity index (χ1n) is 7.55. The number of nitrogens with zero attached hydrogens (tertiary/aromatic N) is 2. The van der Waals surface area contributed by atoms with Crippen LogP contribution in [-0.4, -0.2) is 50.6 Å². The number of aliphatic imine (C=N–C) groups is 1. The molecule has 0 bridgehead atoms. The molecule has 1 unspecified atom stereocenters. The second kappa shape index (κ2) is 10.1. The predicted molar refractivity (Wildman–Crippen MR) is 85.7 cm³/mol. The van der Waals surface area contributed by atoms with Crippen LogP contribution in [0.25, 0.3) is 0 Å². The van der Waals surface area contributed by atoms with Crippen LogP contribution in [0.2, 0.25) is 0 Å². The van der Waals surface area contributed by atoms with Gasteiger partial charge < -0.3 is 15.5 Å². The average molecular weight is 270 g/mol. The molecule has 1 atom stereocenters. The number of likely N-dealkylation sites (N-methyl/N-ethyl adjacent to an activating group) is 1. The van der Waals surface area contributed by atoms with E-state index in [1.165, 1.54) is 6.42 Å². The molecule has 0 aromatic heterocycles. The van der Waals surface area contributed by atoms with E-state index in [2.05, 4.69) is 69.2 Å². The summed E-state index contributed by atoms with van der Waals surface area (Å²) >= 11 is 0. The standard InChI is InChI=1S/C15H34N4/c1-8-16-15(17-10-13(4)5)18-11-14(19(6)7)9-12(2)3/h12-14H,8-11H2,1-7H3,(H2,16,17,18). The van der Waals surface area contributed by atoms with E-state index in [0.717, 1.165) is 25.6 Å². The van der Waals surface area contributed by atoms with E-state index in [4.69, 9.17) is 0 Å². The maximum Gasteiger partial charge on any atom is 0.191 e. The molecule has 0 aliphatic rings. The van der Waals surface area contributed by atoms with Gasteiger partial charge in [0, 0.05) is 25.7 Å². The van der Waals surface area contributed by atoms with Crippen molar-refractivity contribution in [1.82, 2.24) is 15.5 Å². The van der Waals surface area contributed by atoms with E-state index in [1.807, 2.05) is 0 Å². The van der Waals surface area contributed by atoms with Gasteiger partial charge in [-0.25, -0.2) is 0 Å². The fraction of sp³-hybridized carbons (Fsp3) is 0.933. The van der Waals surface area contributed by atoms with Gasteiger partial charge in [-0.1, -0.05) is 27.7 Å². The third-order valence-corrected chi connectivity index (χ3v) is 2.94. The first kappa shape index (κ1) is 18.2. The lowest BCUT2D eigenvalue weighted by atomic mass is 10.0. The Labute approximate surface area is 120 Å². The summed E-state index contributed by atoms with van der Waals surface area (Å²) in [6.07, 6.45) is 1.20. The number of hydrogen-bond donors (Lipinski definition) is 2. The predicted octanol–water partition coefficient (Wildman–Crippen LogP) is 2.17. The Kier molecular flexibility index (Phi) is 9.66. The van der Waals surface area contributed by atoms with Crippen molar-refractivity contribution in [1.29, 1.82) is 0 Å². The van der Waals surface area contributed by atoms with Crippen LogP contribution in [0.5, 0.6) is 0 Å². The molecule has 0 saturated carbocycles. The number of guanidine groups is 1. The number of hydrogen-bond acceptors (Lipinski definition) is 2. The Bertz CT molecular complexity index is 247. The van der Waals surface area contributed by atoms with Crippen LogP contribution >= 0.6 is 0 Å². The molecule has 2 N–H and O–H groups in total. The molecule has 0 aromatic rings. The van der Waals surface area contributed by atoms with Crippen LogP contribution in [0.1, 0.15) is 41.0 Å². The second-order valence-electron chi connectivity index (χ2n) is 6.24. The maximum absolute atomic E-state index is 4.60. The molecule has 0 fully saturated rings. The van der Waals surface area contributed by atoms with Crippen molar-refractivity contribution in [2.75, 3.05) is 33.7 Å². The van der Waals surface area contributed by atoms with Crippen molar-refractivity contribution >= 4 is 5.96 Å². The van der Waals surface area contributed by atoms with Crippen LogP contribution < -0.4 is 10.6 Å². The summed E-state index contributed by atoms with van der Waals surface area (Å²) in [6, 6.07) is 0.544. The Balaban J connectivity index is 4.37. The second-order valence-corrected chi connectivity index (χ2v) is 6.24. The van der Waals surface area contributed by atoms with Crippen molar-refractivity contribution < 1.29 is 0 Å². The molecular formula is C15H34N4. The molecule has 0 aliphatic carbocycles. The molecule has 0 rings (SSSR count). The SMILES string of the molecule is CCNC(=NCC(C)C)NCC(CC(C)C)N(C)C.